The van der Waals surface area contributed by atoms with Gasteiger partial charge in [0.05, 0.1) is 11.7 Å². The minimum atomic E-state index is 0.173. The van der Waals surface area contributed by atoms with Gasteiger partial charge in [0.2, 0.25) is 0 Å². The van der Waals surface area contributed by atoms with Gasteiger partial charge in [0.25, 0.3) is 0 Å². The molecule has 1 aliphatic carbocycles. The SMILES string of the molecule is CC(C)C(N)Cc1nc2cnccc2n1C1CC1. The van der Waals surface area contributed by atoms with Crippen LogP contribution in [0.15, 0.2) is 18.5 Å². The molecule has 1 saturated carbocycles. The van der Waals surface area contributed by atoms with Gasteiger partial charge in [-0.15, -0.1) is 0 Å². The van der Waals surface area contributed by atoms with Crippen molar-refractivity contribution in [2.45, 2.75) is 45.2 Å². The molecule has 0 radical (unpaired) electrons. The van der Waals surface area contributed by atoms with Crippen molar-refractivity contribution >= 4 is 11.0 Å². The molecule has 0 aliphatic heterocycles. The highest BCUT2D eigenvalue weighted by atomic mass is 15.1. The molecule has 0 amide bonds. The van der Waals surface area contributed by atoms with E-state index in [9.17, 15) is 0 Å². The summed E-state index contributed by atoms with van der Waals surface area (Å²) in [5.74, 6) is 1.61. The monoisotopic (exact) mass is 244 g/mol. The zero-order valence-electron chi connectivity index (χ0n) is 11.0. The van der Waals surface area contributed by atoms with Crippen molar-refractivity contribution < 1.29 is 0 Å². The molecule has 0 saturated heterocycles. The molecule has 96 valence electrons. The van der Waals surface area contributed by atoms with Gasteiger partial charge in [-0.1, -0.05) is 13.8 Å². The van der Waals surface area contributed by atoms with Gasteiger partial charge in [-0.25, -0.2) is 4.98 Å². The Morgan fingerprint density at radius 1 is 1.44 bits per heavy atom. The van der Waals surface area contributed by atoms with Crippen LogP contribution >= 0.6 is 0 Å². The fourth-order valence-corrected chi connectivity index (χ4v) is 2.33. The molecular formula is C14H20N4. The Morgan fingerprint density at radius 2 is 2.22 bits per heavy atom. The molecule has 2 aromatic rings. The first-order chi connectivity index (χ1) is 8.66. The molecule has 4 heteroatoms. The highest BCUT2D eigenvalue weighted by molar-refractivity contribution is 5.75. The minimum Gasteiger partial charge on any atom is -0.327 e. The van der Waals surface area contributed by atoms with Crippen molar-refractivity contribution in [3.05, 3.63) is 24.3 Å². The number of hydrogen-bond acceptors (Lipinski definition) is 3. The predicted octanol–water partition coefficient (Wildman–Crippen LogP) is 2.29. The highest BCUT2D eigenvalue weighted by Gasteiger charge is 2.28. The third-order valence-corrected chi connectivity index (χ3v) is 3.75. The molecule has 3 rings (SSSR count). The quantitative estimate of drug-likeness (QED) is 0.897. The Hall–Kier alpha value is -1.42. The van der Waals surface area contributed by atoms with Crippen LogP contribution in [-0.4, -0.2) is 20.6 Å². The topological polar surface area (TPSA) is 56.7 Å². The van der Waals surface area contributed by atoms with E-state index in [1.54, 1.807) is 0 Å². The van der Waals surface area contributed by atoms with Crippen molar-refractivity contribution in [2.24, 2.45) is 11.7 Å². The summed E-state index contributed by atoms with van der Waals surface area (Å²) in [5.41, 5.74) is 8.39. The van der Waals surface area contributed by atoms with Gasteiger partial charge in [-0.05, 0) is 24.8 Å². The molecule has 0 aromatic carbocycles. The van der Waals surface area contributed by atoms with Crippen molar-refractivity contribution in [2.75, 3.05) is 0 Å². The summed E-state index contributed by atoms with van der Waals surface area (Å²) in [4.78, 5) is 8.87. The number of fused-ring (bicyclic) bond motifs is 1. The van der Waals surface area contributed by atoms with Gasteiger partial charge in [0, 0.05) is 24.7 Å². The second-order valence-corrected chi connectivity index (χ2v) is 5.61. The molecule has 2 heterocycles. The number of rotatable bonds is 4. The number of nitrogens with two attached hydrogens (primary N) is 1. The van der Waals surface area contributed by atoms with Crippen LogP contribution < -0.4 is 5.73 Å². The molecule has 0 bridgehead atoms. The lowest BCUT2D eigenvalue weighted by Gasteiger charge is -2.16. The normalized spacial score (nSPS) is 17.6. The van der Waals surface area contributed by atoms with E-state index < -0.39 is 0 Å². The summed E-state index contributed by atoms with van der Waals surface area (Å²) >= 11 is 0. The van der Waals surface area contributed by atoms with Crippen LogP contribution in [0.3, 0.4) is 0 Å². The van der Waals surface area contributed by atoms with Crippen LogP contribution in [0.2, 0.25) is 0 Å². The van der Waals surface area contributed by atoms with E-state index in [-0.39, 0.29) is 6.04 Å². The van der Waals surface area contributed by atoms with Gasteiger partial charge in [-0.3, -0.25) is 4.98 Å². The maximum atomic E-state index is 6.19. The van der Waals surface area contributed by atoms with E-state index in [2.05, 4.69) is 29.5 Å². The molecule has 4 nitrogen and oxygen atoms in total. The summed E-state index contributed by atoms with van der Waals surface area (Å²) < 4.78 is 2.37. The first kappa shape index (κ1) is 11.7. The second-order valence-electron chi connectivity index (χ2n) is 5.61. The van der Waals surface area contributed by atoms with E-state index in [1.165, 1.54) is 18.4 Å². The first-order valence-corrected chi connectivity index (χ1v) is 6.73. The van der Waals surface area contributed by atoms with Gasteiger partial charge >= 0.3 is 0 Å². The molecule has 1 aliphatic rings. The second kappa shape index (κ2) is 4.35. The van der Waals surface area contributed by atoms with Crippen LogP contribution in [0.4, 0.5) is 0 Å². The Morgan fingerprint density at radius 3 is 2.89 bits per heavy atom. The first-order valence-electron chi connectivity index (χ1n) is 6.73. The van der Waals surface area contributed by atoms with Gasteiger partial charge in [0.15, 0.2) is 0 Å². The van der Waals surface area contributed by atoms with Crippen LogP contribution in [-0.2, 0) is 6.42 Å². The van der Waals surface area contributed by atoms with Crippen LogP contribution in [0.25, 0.3) is 11.0 Å². The number of imidazole rings is 1. The summed E-state index contributed by atoms with van der Waals surface area (Å²) in [6, 6.07) is 2.87. The minimum absolute atomic E-state index is 0.173. The average molecular weight is 244 g/mol. The fraction of sp³-hybridized carbons (Fsp3) is 0.571. The van der Waals surface area contributed by atoms with Gasteiger partial charge in [0.1, 0.15) is 11.3 Å². The van der Waals surface area contributed by atoms with Crippen LogP contribution in [0, 0.1) is 5.92 Å². The predicted molar refractivity (Wildman–Crippen MR) is 72.3 cm³/mol. The standard InChI is InChI=1S/C14H20N4/c1-9(2)11(15)7-14-17-12-8-16-6-5-13(12)18(14)10-3-4-10/h5-6,8-11H,3-4,7,15H2,1-2H3. The highest BCUT2D eigenvalue weighted by Crippen LogP contribution is 2.38. The summed E-state index contributed by atoms with van der Waals surface area (Å²) in [6.07, 6.45) is 7.06. The molecule has 2 aromatic heterocycles. The summed E-state index contributed by atoms with van der Waals surface area (Å²) in [7, 11) is 0. The Labute approximate surface area is 107 Å². The maximum absolute atomic E-state index is 6.19. The fourth-order valence-electron chi connectivity index (χ4n) is 2.33. The van der Waals surface area contributed by atoms with Crippen molar-refractivity contribution in [3.8, 4) is 0 Å². The summed E-state index contributed by atoms with van der Waals surface area (Å²) in [5, 5.41) is 0. The molecule has 18 heavy (non-hydrogen) atoms. The number of nitrogens with zero attached hydrogens (tertiary/aromatic N) is 3. The lowest BCUT2D eigenvalue weighted by molar-refractivity contribution is 0.473. The van der Waals surface area contributed by atoms with E-state index in [0.29, 0.717) is 12.0 Å². The van der Waals surface area contributed by atoms with E-state index in [1.807, 2.05) is 12.4 Å². The number of pyridine rings is 1. The Bertz CT molecular complexity index is 554. The van der Waals surface area contributed by atoms with E-state index in [4.69, 9.17) is 10.7 Å². The summed E-state index contributed by atoms with van der Waals surface area (Å²) in [6.45, 7) is 4.33. The smallest absolute Gasteiger partial charge is 0.111 e. The Kier molecular flexibility index (Phi) is 2.82. The molecule has 0 spiro atoms. The number of hydrogen-bond donors (Lipinski definition) is 1. The molecular weight excluding hydrogens is 224 g/mol. The van der Waals surface area contributed by atoms with Crippen molar-refractivity contribution in [1.82, 2.24) is 14.5 Å². The zero-order valence-corrected chi connectivity index (χ0v) is 11.0. The Balaban J connectivity index is 2.02. The van der Waals surface area contributed by atoms with Crippen molar-refractivity contribution in [1.29, 1.82) is 0 Å². The van der Waals surface area contributed by atoms with Crippen LogP contribution in [0.1, 0.15) is 38.6 Å². The lowest BCUT2D eigenvalue weighted by Crippen LogP contribution is -2.30. The maximum Gasteiger partial charge on any atom is 0.111 e. The third-order valence-electron chi connectivity index (χ3n) is 3.75. The average Bonchev–Trinajstić information content (AvgIpc) is 3.11. The number of aromatic nitrogens is 3. The van der Waals surface area contributed by atoms with E-state index >= 15 is 0 Å². The largest absolute Gasteiger partial charge is 0.327 e. The van der Waals surface area contributed by atoms with E-state index in [0.717, 1.165) is 17.8 Å². The van der Waals surface area contributed by atoms with Gasteiger partial charge < -0.3 is 10.3 Å². The molecule has 1 fully saturated rings. The lowest BCUT2D eigenvalue weighted by atomic mass is 10.0. The third kappa shape index (κ3) is 2.01. The zero-order chi connectivity index (χ0) is 12.7. The molecule has 1 atom stereocenters. The van der Waals surface area contributed by atoms with Crippen molar-refractivity contribution in [3.63, 3.8) is 0 Å². The van der Waals surface area contributed by atoms with Gasteiger partial charge in [-0.2, -0.15) is 0 Å². The molecule has 1 unspecified atom stereocenters. The van der Waals surface area contributed by atoms with Crippen LogP contribution in [0.5, 0.6) is 0 Å². The molecule has 2 N–H and O–H groups in total.